The highest BCUT2D eigenvalue weighted by Gasteiger charge is 2.13. The predicted octanol–water partition coefficient (Wildman–Crippen LogP) is 1.80. The molecule has 0 aromatic carbocycles. The van der Waals surface area contributed by atoms with Crippen molar-refractivity contribution in [1.82, 2.24) is 0 Å². The Kier molecular flexibility index (Phi) is 1.23. The second kappa shape index (κ2) is 2.20. The molecule has 0 aromatic heterocycles. The Balaban J connectivity index is 2.41. The minimum atomic E-state index is 0.440. The average Bonchev–Trinajstić information content (AvgIpc) is 2.05. The normalized spacial score (nSPS) is 27.2. The van der Waals surface area contributed by atoms with Crippen LogP contribution in [0.5, 0.6) is 0 Å². The molecule has 0 fully saturated rings. The van der Waals surface area contributed by atoms with Gasteiger partial charge < -0.3 is 4.74 Å². The van der Waals surface area contributed by atoms with Crippen molar-refractivity contribution in [2.45, 2.75) is 0 Å². The maximum Gasteiger partial charge on any atom is 0.0982 e. The van der Waals surface area contributed by atoms with Crippen LogP contribution >= 0.6 is 0 Å². The molecular formula is C9H8O. The molecule has 1 unspecified atom stereocenters. The average molecular weight is 132 g/mol. The van der Waals surface area contributed by atoms with E-state index in [2.05, 4.69) is 11.8 Å². The van der Waals surface area contributed by atoms with Crippen LogP contribution in [-0.4, -0.2) is 6.61 Å². The zero-order chi connectivity index (χ0) is 6.81. The zero-order valence-corrected chi connectivity index (χ0v) is 5.58. The fourth-order valence-corrected chi connectivity index (χ4v) is 1.14. The lowest BCUT2D eigenvalue weighted by Crippen LogP contribution is -2.11. The van der Waals surface area contributed by atoms with E-state index in [1.54, 1.807) is 6.26 Å². The fourth-order valence-electron chi connectivity index (χ4n) is 1.14. The fraction of sp³-hybridized carbons (Fsp3) is 0.222. The number of allylic oxidation sites excluding steroid dienone is 2. The lowest BCUT2D eigenvalue weighted by Gasteiger charge is -2.17. The van der Waals surface area contributed by atoms with E-state index in [9.17, 15) is 0 Å². The summed E-state index contributed by atoms with van der Waals surface area (Å²) in [6.45, 7) is 0.767. The van der Waals surface area contributed by atoms with Gasteiger partial charge in [0.1, 0.15) is 0 Å². The third-order valence-corrected chi connectivity index (χ3v) is 1.71. The zero-order valence-electron chi connectivity index (χ0n) is 5.58. The molecule has 0 aromatic rings. The van der Waals surface area contributed by atoms with Gasteiger partial charge in [-0.05, 0) is 12.2 Å². The van der Waals surface area contributed by atoms with Crippen molar-refractivity contribution in [3.63, 3.8) is 0 Å². The number of fused-ring (bicyclic) bond motifs is 1. The molecule has 1 nitrogen and oxygen atoms in total. The highest BCUT2D eigenvalue weighted by molar-refractivity contribution is 5.31. The minimum Gasteiger partial charge on any atom is -0.500 e. The number of hydrogen-bond donors (Lipinski definition) is 0. The summed E-state index contributed by atoms with van der Waals surface area (Å²) in [5.74, 6) is 0.440. The molecule has 0 amide bonds. The van der Waals surface area contributed by atoms with E-state index in [1.807, 2.05) is 18.2 Å². The second-order valence-corrected chi connectivity index (χ2v) is 2.39. The lowest BCUT2D eigenvalue weighted by atomic mass is 9.96. The van der Waals surface area contributed by atoms with Gasteiger partial charge in [0.25, 0.3) is 0 Å². The standard InChI is InChI=1S/C9H8O/c1-2-4-9-7-10-6-5-8(9)3-1/h1-2,4-6,9H,7H2. The first-order valence-corrected chi connectivity index (χ1v) is 3.38. The molecule has 0 bridgehead atoms. The Morgan fingerprint density at radius 3 is 3.50 bits per heavy atom. The van der Waals surface area contributed by atoms with Gasteiger partial charge in [0, 0.05) is 11.5 Å². The van der Waals surface area contributed by atoms with Gasteiger partial charge in [-0.3, -0.25) is 0 Å². The van der Waals surface area contributed by atoms with Crippen LogP contribution in [0, 0.1) is 5.92 Å². The maximum atomic E-state index is 5.13. The summed E-state index contributed by atoms with van der Waals surface area (Å²) in [5, 5.41) is 0. The third kappa shape index (κ3) is 0.810. The minimum absolute atomic E-state index is 0.440. The summed E-state index contributed by atoms with van der Waals surface area (Å²) in [5.41, 5.74) is 4.39. The molecule has 0 radical (unpaired) electrons. The first-order chi connectivity index (χ1) is 4.97. The molecule has 2 rings (SSSR count). The second-order valence-electron chi connectivity index (χ2n) is 2.39. The number of rotatable bonds is 0. The van der Waals surface area contributed by atoms with E-state index >= 15 is 0 Å². The SMILES string of the molecule is C1=CC=CC2COC=CC=12. The summed E-state index contributed by atoms with van der Waals surface area (Å²) in [6.07, 6.45) is 9.77. The van der Waals surface area contributed by atoms with Crippen LogP contribution in [0.3, 0.4) is 0 Å². The summed E-state index contributed by atoms with van der Waals surface area (Å²) < 4.78 is 5.13. The molecule has 0 N–H and O–H groups in total. The topological polar surface area (TPSA) is 9.23 Å². The van der Waals surface area contributed by atoms with E-state index in [-0.39, 0.29) is 0 Å². The van der Waals surface area contributed by atoms with E-state index in [0.29, 0.717) is 5.92 Å². The van der Waals surface area contributed by atoms with Gasteiger partial charge in [0.15, 0.2) is 0 Å². The van der Waals surface area contributed by atoms with E-state index in [4.69, 9.17) is 4.74 Å². The Morgan fingerprint density at radius 2 is 2.60 bits per heavy atom. The molecule has 1 aliphatic heterocycles. The van der Waals surface area contributed by atoms with Crippen LogP contribution < -0.4 is 0 Å². The van der Waals surface area contributed by atoms with Gasteiger partial charge >= 0.3 is 0 Å². The number of hydrogen-bond acceptors (Lipinski definition) is 1. The molecule has 1 heteroatoms. The maximum absolute atomic E-state index is 5.13. The molecule has 10 heavy (non-hydrogen) atoms. The van der Waals surface area contributed by atoms with E-state index in [1.165, 1.54) is 5.57 Å². The van der Waals surface area contributed by atoms with Crippen LogP contribution in [-0.2, 0) is 4.74 Å². The summed E-state index contributed by atoms with van der Waals surface area (Å²) in [6, 6.07) is 0. The smallest absolute Gasteiger partial charge is 0.0982 e. The third-order valence-electron chi connectivity index (χ3n) is 1.71. The highest BCUT2D eigenvalue weighted by atomic mass is 16.5. The van der Waals surface area contributed by atoms with Crippen LogP contribution in [0.4, 0.5) is 0 Å². The van der Waals surface area contributed by atoms with E-state index < -0.39 is 0 Å². The van der Waals surface area contributed by atoms with Gasteiger partial charge in [-0.1, -0.05) is 12.2 Å². The van der Waals surface area contributed by atoms with Crippen molar-refractivity contribution in [2.75, 3.05) is 6.61 Å². The largest absolute Gasteiger partial charge is 0.500 e. The molecular weight excluding hydrogens is 124 g/mol. The van der Waals surface area contributed by atoms with Crippen LogP contribution in [0.15, 0.2) is 41.9 Å². The molecule has 1 atom stereocenters. The molecule has 2 aliphatic rings. The highest BCUT2D eigenvalue weighted by Crippen LogP contribution is 2.20. The van der Waals surface area contributed by atoms with Crippen molar-refractivity contribution < 1.29 is 4.74 Å². The van der Waals surface area contributed by atoms with Crippen molar-refractivity contribution in [3.8, 4) is 0 Å². The van der Waals surface area contributed by atoms with Crippen LogP contribution in [0.25, 0.3) is 0 Å². The summed E-state index contributed by atoms with van der Waals surface area (Å²) >= 11 is 0. The Bertz CT molecular complexity index is 252. The van der Waals surface area contributed by atoms with Crippen LogP contribution in [0.2, 0.25) is 0 Å². The molecule has 1 heterocycles. The monoisotopic (exact) mass is 132 g/mol. The van der Waals surface area contributed by atoms with Crippen molar-refractivity contribution in [1.29, 1.82) is 0 Å². The Morgan fingerprint density at radius 1 is 1.60 bits per heavy atom. The Hall–Kier alpha value is -1.20. The molecule has 1 aliphatic carbocycles. The molecule has 0 saturated heterocycles. The van der Waals surface area contributed by atoms with Gasteiger partial charge in [-0.25, -0.2) is 0 Å². The Labute approximate surface area is 60.0 Å². The van der Waals surface area contributed by atoms with Gasteiger partial charge in [0.05, 0.1) is 12.9 Å². The van der Waals surface area contributed by atoms with Gasteiger partial charge in [0.2, 0.25) is 0 Å². The van der Waals surface area contributed by atoms with Gasteiger partial charge in [-0.2, -0.15) is 0 Å². The molecule has 0 saturated carbocycles. The van der Waals surface area contributed by atoms with Crippen LogP contribution in [0.1, 0.15) is 0 Å². The number of ether oxygens (including phenoxy) is 1. The first-order valence-electron chi connectivity index (χ1n) is 3.38. The van der Waals surface area contributed by atoms with E-state index in [0.717, 1.165) is 6.61 Å². The molecule has 0 spiro atoms. The van der Waals surface area contributed by atoms with Crippen molar-refractivity contribution in [3.05, 3.63) is 41.9 Å². The summed E-state index contributed by atoms with van der Waals surface area (Å²) in [7, 11) is 0. The predicted molar refractivity (Wildman–Crippen MR) is 39.3 cm³/mol. The van der Waals surface area contributed by atoms with Crippen molar-refractivity contribution >= 4 is 0 Å². The quantitative estimate of drug-likeness (QED) is 0.457. The van der Waals surface area contributed by atoms with Gasteiger partial charge in [-0.15, -0.1) is 5.73 Å². The molecule has 50 valence electrons. The van der Waals surface area contributed by atoms with Crippen molar-refractivity contribution in [2.24, 2.45) is 5.92 Å². The summed E-state index contributed by atoms with van der Waals surface area (Å²) in [4.78, 5) is 0. The first kappa shape index (κ1) is 5.57. The lowest BCUT2D eigenvalue weighted by molar-refractivity contribution is 0.218.